The Bertz CT molecular complexity index is 665. The summed E-state index contributed by atoms with van der Waals surface area (Å²) in [6.07, 6.45) is 3.18. The number of piperazine rings is 1. The van der Waals surface area contributed by atoms with Crippen molar-refractivity contribution in [3.63, 3.8) is 0 Å². The number of ether oxygens (including phenoxy) is 1. The van der Waals surface area contributed by atoms with Crippen molar-refractivity contribution in [1.29, 1.82) is 0 Å². The summed E-state index contributed by atoms with van der Waals surface area (Å²) in [5.74, 6) is 1.55. The van der Waals surface area contributed by atoms with Crippen molar-refractivity contribution in [3.05, 3.63) is 17.8 Å². The van der Waals surface area contributed by atoms with Crippen LogP contribution in [-0.4, -0.2) is 46.8 Å². The van der Waals surface area contributed by atoms with Crippen LogP contribution >= 0.6 is 0 Å². The maximum atomic E-state index is 12.3. The number of aromatic nitrogens is 1. The molecule has 1 saturated carbocycles. The third-order valence-electron chi connectivity index (χ3n) is 5.07. The number of fused-ring (bicyclic) bond motifs is 2. The van der Waals surface area contributed by atoms with Crippen LogP contribution in [0.4, 0.5) is 16.3 Å². The minimum absolute atomic E-state index is 0.196. The van der Waals surface area contributed by atoms with Gasteiger partial charge in [-0.25, -0.2) is 9.78 Å². The number of hydrogen-bond donors (Lipinski definition) is 1. The van der Waals surface area contributed by atoms with Crippen molar-refractivity contribution < 1.29 is 9.53 Å². The van der Waals surface area contributed by atoms with E-state index < -0.39 is 5.60 Å². The first-order chi connectivity index (χ1) is 11.3. The van der Waals surface area contributed by atoms with Crippen molar-refractivity contribution in [2.75, 3.05) is 23.7 Å². The highest BCUT2D eigenvalue weighted by Crippen LogP contribution is 2.43. The molecule has 1 aromatic rings. The van der Waals surface area contributed by atoms with E-state index in [4.69, 9.17) is 15.5 Å². The van der Waals surface area contributed by atoms with Gasteiger partial charge < -0.3 is 20.3 Å². The molecule has 3 fully saturated rings. The van der Waals surface area contributed by atoms with Crippen molar-refractivity contribution in [2.24, 2.45) is 0 Å². The van der Waals surface area contributed by atoms with Gasteiger partial charge in [-0.1, -0.05) is 0 Å². The molecule has 2 aliphatic heterocycles. The molecule has 2 bridgehead atoms. The monoisotopic (exact) mass is 330 g/mol. The third-order valence-corrected chi connectivity index (χ3v) is 5.07. The van der Waals surface area contributed by atoms with Gasteiger partial charge in [-0.05, 0) is 52.2 Å². The number of nitrogens with zero attached hydrogens (tertiary/aromatic N) is 3. The van der Waals surface area contributed by atoms with E-state index >= 15 is 0 Å². The average Bonchev–Trinajstić information content (AvgIpc) is 3.14. The number of anilines is 2. The molecule has 0 spiro atoms. The Balaban J connectivity index is 1.47. The quantitative estimate of drug-likeness (QED) is 0.903. The third kappa shape index (κ3) is 2.78. The zero-order valence-electron chi connectivity index (χ0n) is 14.7. The molecule has 3 aliphatic rings. The molecule has 1 aromatic heterocycles. The van der Waals surface area contributed by atoms with E-state index in [-0.39, 0.29) is 12.1 Å². The Morgan fingerprint density at radius 1 is 1.25 bits per heavy atom. The maximum Gasteiger partial charge on any atom is 0.410 e. The topological polar surface area (TPSA) is 71.7 Å². The number of amides is 1. The lowest BCUT2D eigenvalue weighted by molar-refractivity contribution is 0.0214. The van der Waals surface area contributed by atoms with Gasteiger partial charge in [0.2, 0.25) is 0 Å². The maximum absolute atomic E-state index is 12.3. The van der Waals surface area contributed by atoms with E-state index in [1.54, 1.807) is 0 Å². The second-order valence-electron chi connectivity index (χ2n) is 8.25. The fourth-order valence-corrected chi connectivity index (χ4v) is 3.81. The summed E-state index contributed by atoms with van der Waals surface area (Å²) in [5.41, 5.74) is 7.49. The van der Waals surface area contributed by atoms with Crippen molar-refractivity contribution in [3.8, 4) is 0 Å². The molecule has 2 atom stereocenters. The van der Waals surface area contributed by atoms with Gasteiger partial charge in [0.25, 0.3) is 0 Å². The summed E-state index contributed by atoms with van der Waals surface area (Å²) >= 11 is 0. The normalized spacial score (nSPS) is 26.1. The van der Waals surface area contributed by atoms with Gasteiger partial charge in [0, 0.05) is 19.0 Å². The van der Waals surface area contributed by atoms with Crippen LogP contribution in [0.15, 0.2) is 12.1 Å². The van der Waals surface area contributed by atoms with E-state index in [1.165, 1.54) is 12.8 Å². The molecule has 130 valence electrons. The predicted octanol–water partition coefficient (Wildman–Crippen LogP) is 2.74. The van der Waals surface area contributed by atoms with E-state index in [2.05, 4.69) is 4.90 Å². The summed E-state index contributed by atoms with van der Waals surface area (Å²) in [6, 6.07) is 4.53. The van der Waals surface area contributed by atoms with Gasteiger partial charge in [0.05, 0.1) is 23.5 Å². The molecule has 2 saturated heterocycles. The molecular formula is C18H26N4O2. The number of nitrogens with two attached hydrogens (primary N) is 1. The standard InChI is InChI=1S/C18H26N4O2/c1-18(2,3)24-17(23)22-10-12-8-13(22)9-21(12)15-7-6-14(19)16(20-15)11-4-5-11/h6-7,11-13H,4-5,8-10,19H2,1-3H3/t12-,13-/m1/s1. The Morgan fingerprint density at radius 2 is 2.00 bits per heavy atom. The number of carbonyl (C=O) groups is 1. The number of carbonyl (C=O) groups excluding carboxylic acids is 1. The Kier molecular flexibility index (Phi) is 3.41. The molecule has 1 aliphatic carbocycles. The number of rotatable bonds is 2. The summed E-state index contributed by atoms with van der Waals surface area (Å²) in [4.78, 5) is 21.4. The first-order valence-electron chi connectivity index (χ1n) is 8.84. The second-order valence-corrected chi connectivity index (χ2v) is 8.25. The second kappa shape index (κ2) is 5.26. The van der Waals surface area contributed by atoms with Crippen LogP contribution in [-0.2, 0) is 4.74 Å². The van der Waals surface area contributed by atoms with Gasteiger partial charge in [-0.3, -0.25) is 0 Å². The number of likely N-dealkylation sites (tertiary alicyclic amines) is 1. The van der Waals surface area contributed by atoms with E-state index in [9.17, 15) is 4.79 Å². The largest absolute Gasteiger partial charge is 0.444 e. The van der Waals surface area contributed by atoms with E-state index in [0.29, 0.717) is 18.5 Å². The fourth-order valence-electron chi connectivity index (χ4n) is 3.81. The molecule has 0 aromatic carbocycles. The average molecular weight is 330 g/mol. The highest BCUT2D eigenvalue weighted by Gasteiger charge is 2.47. The minimum Gasteiger partial charge on any atom is -0.444 e. The summed E-state index contributed by atoms with van der Waals surface area (Å²) in [5, 5.41) is 0. The Labute approximate surface area is 143 Å². The molecule has 4 rings (SSSR count). The van der Waals surface area contributed by atoms with Crippen LogP contribution in [0.1, 0.15) is 51.6 Å². The summed E-state index contributed by atoms with van der Waals surface area (Å²) in [7, 11) is 0. The van der Waals surface area contributed by atoms with Crippen LogP contribution in [0.25, 0.3) is 0 Å². The van der Waals surface area contributed by atoms with Gasteiger partial charge in [0.15, 0.2) is 0 Å². The molecule has 6 heteroatoms. The van der Waals surface area contributed by atoms with Crippen molar-refractivity contribution in [1.82, 2.24) is 9.88 Å². The van der Waals surface area contributed by atoms with Gasteiger partial charge in [0.1, 0.15) is 11.4 Å². The lowest BCUT2D eigenvalue weighted by atomic mass is 10.2. The molecule has 6 nitrogen and oxygen atoms in total. The minimum atomic E-state index is -0.448. The smallest absolute Gasteiger partial charge is 0.410 e. The molecule has 0 radical (unpaired) electrons. The van der Waals surface area contributed by atoms with Gasteiger partial charge in [-0.15, -0.1) is 0 Å². The molecule has 24 heavy (non-hydrogen) atoms. The lowest BCUT2D eigenvalue weighted by Gasteiger charge is -2.36. The number of pyridine rings is 1. The molecule has 3 heterocycles. The van der Waals surface area contributed by atoms with Gasteiger partial charge >= 0.3 is 6.09 Å². The molecule has 2 N–H and O–H groups in total. The van der Waals surface area contributed by atoms with Crippen LogP contribution in [0.2, 0.25) is 0 Å². The lowest BCUT2D eigenvalue weighted by Crippen LogP contribution is -2.50. The molecule has 1 amide bonds. The zero-order valence-corrected chi connectivity index (χ0v) is 14.7. The molecular weight excluding hydrogens is 304 g/mol. The van der Waals surface area contributed by atoms with Crippen LogP contribution < -0.4 is 10.6 Å². The van der Waals surface area contributed by atoms with E-state index in [0.717, 1.165) is 30.2 Å². The summed E-state index contributed by atoms with van der Waals surface area (Å²) < 4.78 is 5.53. The Morgan fingerprint density at radius 3 is 2.58 bits per heavy atom. The first-order valence-corrected chi connectivity index (χ1v) is 8.84. The van der Waals surface area contributed by atoms with Crippen LogP contribution in [0.5, 0.6) is 0 Å². The number of hydrogen-bond acceptors (Lipinski definition) is 5. The summed E-state index contributed by atoms with van der Waals surface area (Å²) in [6.45, 7) is 7.25. The fraction of sp³-hybridized carbons (Fsp3) is 0.667. The van der Waals surface area contributed by atoms with Gasteiger partial charge in [-0.2, -0.15) is 0 Å². The molecule has 0 unspecified atom stereocenters. The van der Waals surface area contributed by atoms with Crippen LogP contribution in [0, 0.1) is 0 Å². The Hall–Kier alpha value is -1.98. The van der Waals surface area contributed by atoms with Crippen molar-refractivity contribution >= 4 is 17.6 Å². The SMILES string of the molecule is CC(C)(C)OC(=O)N1C[C@H]2C[C@@H]1CN2c1ccc(N)c(C2CC2)n1. The predicted molar refractivity (Wildman–Crippen MR) is 93.1 cm³/mol. The van der Waals surface area contributed by atoms with Crippen molar-refractivity contribution in [2.45, 2.75) is 63.6 Å². The highest BCUT2D eigenvalue weighted by molar-refractivity contribution is 5.70. The highest BCUT2D eigenvalue weighted by atomic mass is 16.6. The van der Waals surface area contributed by atoms with Crippen LogP contribution in [0.3, 0.4) is 0 Å². The number of nitrogen functional groups attached to an aromatic ring is 1. The van der Waals surface area contributed by atoms with E-state index in [1.807, 2.05) is 37.8 Å². The zero-order chi connectivity index (χ0) is 17.1. The first kappa shape index (κ1) is 15.5.